The van der Waals surface area contributed by atoms with Crippen LogP contribution >= 0.6 is 11.8 Å². The van der Waals surface area contributed by atoms with Gasteiger partial charge in [-0.3, -0.25) is 20.0 Å². The number of carbonyl (C=O) groups is 1. The van der Waals surface area contributed by atoms with Crippen LogP contribution in [0, 0.1) is 17.0 Å². The van der Waals surface area contributed by atoms with Gasteiger partial charge in [0.15, 0.2) is 0 Å². The minimum absolute atomic E-state index is 0.0216. The van der Waals surface area contributed by atoms with Crippen molar-refractivity contribution < 1.29 is 9.72 Å². The lowest BCUT2D eigenvalue weighted by molar-refractivity contribution is -0.384. The Bertz CT molecular complexity index is 655. The number of aromatic nitrogens is 3. The highest BCUT2D eigenvalue weighted by molar-refractivity contribution is 8.00. The van der Waals surface area contributed by atoms with Crippen LogP contribution in [0.15, 0.2) is 29.4 Å². The second kappa shape index (κ2) is 6.35. The molecule has 2 rings (SSSR count). The molecule has 0 spiro atoms. The lowest BCUT2D eigenvalue weighted by Crippen LogP contribution is -2.22. The first-order chi connectivity index (χ1) is 9.95. The van der Waals surface area contributed by atoms with Crippen molar-refractivity contribution in [3.05, 3.63) is 40.2 Å². The monoisotopic (exact) mass is 307 g/mol. The third-order valence-electron chi connectivity index (χ3n) is 2.57. The summed E-state index contributed by atoms with van der Waals surface area (Å²) in [6.07, 6.45) is 0. The number of aryl methyl sites for hydroxylation is 1. The highest BCUT2D eigenvalue weighted by Crippen LogP contribution is 2.21. The fourth-order valence-corrected chi connectivity index (χ4v) is 2.27. The molecule has 2 N–H and O–H groups in total. The summed E-state index contributed by atoms with van der Waals surface area (Å²) in [5.74, 6) is 0.455. The fraction of sp³-hybridized carbons (Fsp3) is 0.250. The Morgan fingerprint density at radius 2 is 2.10 bits per heavy atom. The van der Waals surface area contributed by atoms with Crippen LogP contribution in [-0.4, -0.2) is 31.3 Å². The van der Waals surface area contributed by atoms with Crippen molar-refractivity contribution in [2.75, 3.05) is 5.32 Å². The van der Waals surface area contributed by atoms with Gasteiger partial charge in [0.05, 0.1) is 10.2 Å². The van der Waals surface area contributed by atoms with Gasteiger partial charge in [-0.2, -0.15) is 0 Å². The van der Waals surface area contributed by atoms with E-state index in [2.05, 4.69) is 20.5 Å². The zero-order valence-electron chi connectivity index (χ0n) is 11.4. The maximum Gasteiger partial charge on any atom is 0.269 e. The number of amides is 1. The van der Waals surface area contributed by atoms with Gasteiger partial charge in [-0.05, 0) is 26.0 Å². The molecule has 0 aliphatic heterocycles. The fourth-order valence-electron chi connectivity index (χ4n) is 1.50. The van der Waals surface area contributed by atoms with E-state index in [1.54, 1.807) is 13.8 Å². The zero-order chi connectivity index (χ0) is 15.4. The second-order valence-electron chi connectivity index (χ2n) is 4.26. The molecule has 0 saturated carbocycles. The van der Waals surface area contributed by atoms with Gasteiger partial charge in [0, 0.05) is 17.8 Å². The predicted molar refractivity (Wildman–Crippen MR) is 78.2 cm³/mol. The summed E-state index contributed by atoms with van der Waals surface area (Å²) in [6, 6.07) is 5.66. The van der Waals surface area contributed by atoms with E-state index in [4.69, 9.17) is 0 Å². The first-order valence-corrected chi connectivity index (χ1v) is 6.94. The van der Waals surface area contributed by atoms with Crippen molar-refractivity contribution in [2.45, 2.75) is 24.3 Å². The summed E-state index contributed by atoms with van der Waals surface area (Å²) in [5, 5.41) is 20.0. The Hall–Kier alpha value is -2.42. The van der Waals surface area contributed by atoms with Crippen LogP contribution in [0.2, 0.25) is 0 Å². The maximum atomic E-state index is 12.0. The van der Waals surface area contributed by atoms with E-state index in [9.17, 15) is 14.9 Å². The van der Waals surface area contributed by atoms with E-state index in [1.165, 1.54) is 36.0 Å². The topological polar surface area (TPSA) is 114 Å². The minimum atomic E-state index is -0.490. The molecule has 2 aromatic rings. The van der Waals surface area contributed by atoms with Gasteiger partial charge in [-0.15, -0.1) is 5.10 Å². The lowest BCUT2D eigenvalue weighted by Gasteiger charge is -2.09. The minimum Gasteiger partial charge on any atom is -0.325 e. The molecule has 1 aromatic heterocycles. The molecule has 9 heteroatoms. The van der Waals surface area contributed by atoms with Crippen LogP contribution in [0.4, 0.5) is 11.4 Å². The number of anilines is 1. The number of non-ortho nitro benzene ring substituents is 1. The molecular formula is C12H13N5O3S. The quantitative estimate of drug-likeness (QED) is 0.497. The third-order valence-corrected chi connectivity index (χ3v) is 3.53. The van der Waals surface area contributed by atoms with Gasteiger partial charge in [0.2, 0.25) is 11.1 Å². The van der Waals surface area contributed by atoms with Gasteiger partial charge in [0.25, 0.3) is 5.69 Å². The normalized spacial score (nSPS) is 11.9. The summed E-state index contributed by atoms with van der Waals surface area (Å²) in [5.41, 5.74) is 0.482. The van der Waals surface area contributed by atoms with Gasteiger partial charge in [0.1, 0.15) is 5.82 Å². The summed E-state index contributed by atoms with van der Waals surface area (Å²) in [7, 11) is 0. The number of hydrogen-bond acceptors (Lipinski definition) is 6. The average Bonchev–Trinajstić information content (AvgIpc) is 2.84. The number of aromatic amines is 1. The molecule has 21 heavy (non-hydrogen) atoms. The molecule has 0 fully saturated rings. The zero-order valence-corrected chi connectivity index (χ0v) is 12.2. The van der Waals surface area contributed by atoms with Crippen molar-refractivity contribution in [3.8, 4) is 0 Å². The standard InChI is InChI=1S/C12H13N5O3S/c1-7(21-12-13-8(2)15-16-12)11(18)14-9-3-5-10(6-4-9)17(19)20/h3-7H,1-2H3,(H,14,18)(H,13,15,16). The molecule has 0 saturated heterocycles. The molecule has 0 aliphatic carbocycles. The van der Waals surface area contributed by atoms with Gasteiger partial charge < -0.3 is 5.32 Å². The van der Waals surface area contributed by atoms with Crippen LogP contribution in [0.3, 0.4) is 0 Å². The van der Waals surface area contributed by atoms with E-state index in [-0.39, 0.29) is 11.6 Å². The molecule has 0 radical (unpaired) electrons. The number of nitrogens with zero attached hydrogens (tertiary/aromatic N) is 3. The van der Waals surface area contributed by atoms with Gasteiger partial charge in [-0.25, -0.2) is 4.98 Å². The van der Waals surface area contributed by atoms with Crippen LogP contribution < -0.4 is 5.32 Å². The summed E-state index contributed by atoms with van der Waals surface area (Å²) >= 11 is 1.23. The second-order valence-corrected chi connectivity index (χ2v) is 5.56. The SMILES string of the molecule is Cc1nc(SC(C)C(=O)Nc2ccc([N+](=O)[O-])cc2)n[nH]1. The Kier molecular flexibility index (Phi) is 4.53. The van der Waals surface area contributed by atoms with Crippen molar-refractivity contribution in [1.29, 1.82) is 0 Å². The number of nitro groups is 1. The molecular weight excluding hydrogens is 294 g/mol. The van der Waals surface area contributed by atoms with E-state index in [0.717, 1.165) is 0 Å². The van der Waals surface area contributed by atoms with Crippen LogP contribution in [0.25, 0.3) is 0 Å². The lowest BCUT2D eigenvalue weighted by atomic mass is 10.3. The van der Waals surface area contributed by atoms with Crippen LogP contribution in [0.1, 0.15) is 12.7 Å². The highest BCUT2D eigenvalue weighted by Gasteiger charge is 2.17. The third kappa shape index (κ3) is 4.02. The predicted octanol–water partition coefficient (Wildman–Crippen LogP) is 2.14. The first-order valence-electron chi connectivity index (χ1n) is 6.06. The molecule has 1 amide bonds. The molecule has 110 valence electrons. The Balaban J connectivity index is 1.95. The Morgan fingerprint density at radius 3 is 2.62 bits per heavy atom. The Morgan fingerprint density at radius 1 is 1.43 bits per heavy atom. The number of benzene rings is 1. The van der Waals surface area contributed by atoms with Crippen molar-refractivity contribution >= 4 is 29.0 Å². The molecule has 0 bridgehead atoms. The largest absolute Gasteiger partial charge is 0.325 e. The van der Waals surface area contributed by atoms with Crippen LogP contribution in [0.5, 0.6) is 0 Å². The number of hydrogen-bond donors (Lipinski definition) is 2. The molecule has 1 unspecified atom stereocenters. The average molecular weight is 307 g/mol. The molecule has 8 nitrogen and oxygen atoms in total. The molecule has 1 heterocycles. The first kappa shape index (κ1) is 15.0. The number of nitrogens with one attached hydrogen (secondary N) is 2. The van der Waals surface area contributed by atoms with Crippen LogP contribution in [-0.2, 0) is 4.79 Å². The number of H-pyrrole nitrogens is 1. The summed E-state index contributed by atoms with van der Waals surface area (Å²) < 4.78 is 0. The number of carbonyl (C=O) groups excluding carboxylic acids is 1. The van der Waals surface area contributed by atoms with Gasteiger partial charge in [-0.1, -0.05) is 11.8 Å². The van der Waals surface area contributed by atoms with E-state index >= 15 is 0 Å². The van der Waals surface area contributed by atoms with E-state index in [0.29, 0.717) is 16.7 Å². The van der Waals surface area contributed by atoms with E-state index < -0.39 is 10.2 Å². The van der Waals surface area contributed by atoms with Crippen molar-refractivity contribution in [3.63, 3.8) is 0 Å². The number of thioether (sulfide) groups is 1. The summed E-state index contributed by atoms with van der Waals surface area (Å²) in [6.45, 7) is 3.51. The summed E-state index contributed by atoms with van der Waals surface area (Å²) in [4.78, 5) is 26.2. The molecule has 1 atom stereocenters. The smallest absolute Gasteiger partial charge is 0.269 e. The highest BCUT2D eigenvalue weighted by atomic mass is 32.2. The Labute approximate surface area is 124 Å². The van der Waals surface area contributed by atoms with Gasteiger partial charge >= 0.3 is 0 Å². The number of rotatable bonds is 5. The van der Waals surface area contributed by atoms with Crippen molar-refractivity contribution in [2.24, 2.45) is 0 Å². The van der Waals surface area contributed by atoms with E-state index in [1.807, 2.05) is 0 Å². The number of nitro benzene ring substituents is 1. The molecule has 0 aliphatic rings. The molecule has 1 aromatic carbocycles. The van der Waals surface area contributed by atoms with Crippen molar-refractivity contribution in [1.82, 2.24) is 15.2 Å². The maximum absolute atomic E-state index is 12.0.